The predicted octanol–water partition coefficient (Wildman–Crippen LogP) is 1.38. The smallest absolute Gasteiger partial charge is 0.748 e. The molecule has 0 spiro atoms. The third-order valence-corrected chi connectivity index (χ3v) is 5.78. The van der Waals surface area contributed by atoms with Crippen molar-refractivity contribution in [1.29, 1.82) is 0 Å². The minimum absolute atomic E-state index is 0. The van der Waals surface area contributed by atoms with Crippen LogP contribution in [-0.2, 0) is 10.1 Å². The first-order valence-corrected chi connectivity index (χ1v) is 10.5. The number of hydrogen-bond acceptors (Lipinski definition) is 4. The zero-order valence-electron chi connectivity index (χ0n) is 15.4. The molecule has 1 N–H and O–H groups in total. The van der Waals surface area contributed by atoms with Gasteiger partial charge in [0.05, 0.1) is 16.2 Å². The third-order valence-electron chi connectivity index (χ3n) is 4.40. The molecule has 0 saturated heterocycles. The van der Waals surface area contributed by atoms with E-state index in [1.54, 1.807) is 6.92 Å². The topological polar surface area (TPSA) is 77.4 Å². The minimum atomic E-state index is -4.10. The van der Waals surface area contributed by atoms with Crippen LogP contribution in [0.1, 0.15) is 97.3 Å². The fraction of sp³-hybridized carbons (Fsp3) is 1.00. The van der Waals surface area contributed by atoms with E-state index < -0.39 is 15.4 Å². The van der Waals surface area contributed by atoms with Gasteiger partial charge in [0.15, 0.2) is 0 Å². The van der Waals surface area contributed by atoms with E-state index in [1.165, 1.54) is 32.1 Å². The molecule has 0 aromatic rings. The molecule has 4 nitrogen and oxygen atoms in total. The van der Waals surface area contributed by atoms with Crippen LogP contribution in [0.15, 0.2) is 0 Å². The molecule has 0 aliphatic carbocycles. The molecule has 0 aliphatic rings. The summed E-state index contributed by atoms with van der Waals surface area (Å²) in [6.07, 6.45) is 12.8. The molecule has 0 rings (SSSR count). The van der Waals surface area contributed by atoms with E-state index in [2.05, 4.69) is 0 Å². The van der Waals surface area contributed by atoms with E-state index >= 15 is 0 Å². The van der Waals surface area contributed by atoms with Crippen molar-refractivity contribution in [3.8, 4) is 0 Å². The molecule has 6 heteroatoms. The van der Waals surface area contributed by atoms with Gasteiger partial charge in [-0.25, -0.2) is 8.42 Å². The Labute approximate surface area is 165 Å². The van der Waals surface area contributed by atoms with Crippen LogP contribution in [0.4, 0.5) is 0 Å². The fourth-order valence-corrected chi connectivity index (χ4v) is 3.61. The largest absolute Gasteiger partial charge is 1.00 e. The molecule has 0 aliphatic heterocycles. The summed E-state index contributed by atoms with van der Waals surface area (Å²) < 4.78 is 32.8. The molecule has 0 heterocycles. The summed E-state index contributed by atoms with van der Waals surface area (Å²) >= 11 is 0. The van der Waals surface area contributed by atoms with Crippen molar-refractivity contribution in [1.82, 2.24) is 0 Å². The second kappa shape index (κ2) is 16.3. The first-order chi connectivity index (χ1) is 10.4. The molecule has 23 heavy (non-hydrogen) atoms. The summed E-state index contributed by atoms with van der Waals surface area (Å²) in [5, 5.41) is 8.74. The molecule has 2 atom stereocenters. The van der Waals surface area contributed by atoms with Crippen molar-refractivity contribution < 1.29 is 47.6 Å². The van der Waals surface area contributed by atoms with Gasteiger partial charge in [0.1, 0.15) is 0 Å². The molecular weight excluding hydrogens is 323 g/mol. The van der Waals surface area contributed by atoms with Crippen molar-refractivity contribution in [3.05, 3.63) is 0 Å². The van der Waals surface area contributed by atoms with Crippen molar-refractivity contribution in [3.63, 3.8) is 0 Å². The maximum atomic E-state index is 10.9. The van der Waals surface area contributed by atoms with Crippen LogP contribution in [0, 0.1) is 0 Å². The van der Waals surface area contributed by atoms with E-state index in [0.29, 0.717) is 12.8 Å². The number of hydrogen-bond donors (Lipinski definition) is 1. The molecule has 0 aromatic carbocycles. The van der Waals surface area contributed by atoms with E-state index in [-0.39, 0.29) is 35.7 Å². The molecule has 0 saturated carbocycles. The molecule has 0 aromatic heterocycles. The average Bonchev–Trinajstić information content (AvgIpc) is 2.46. The Balaban J connectivity index is 0. The Morgan fingerprint density at radius 1 is 0.783 bits per heavy atom. The molecule has 2 unspecified atom stereocenters. The van der Waals surface area contributed by atoms with Crippen LogP contribution in [0.25, 0.3) is 0 Å². The monoisotopic (exact) mass is 358 g/mol. The second-order valence-corrected chi connectivity index (χ2v) is 8.00. The molecular formula is C17H35NaO4S. The number of aliphatic hydroxyl groups excluding tert-OH is 1. The molecule has 0 fully saturated rings. The van der Waals surface area contributed by atoms with Gasteiger partial charge in [-0.2, -0.15) is 0 Å². The summed E-state index contributed by atoms with van der Waals surface area (Å²) in [5.41, 5.74) is 0. The van der Waals surface area contributed by atoms with Gasteiger partial charge in [0.2, 0.25) is 0 Å². The zero-order chi connectivity index (χ0) is 16.8. The van der Waals surface area contributed by atoms with Gasteiger partial charge in [0.25, 0.3) is 0 Å². The maximum absolute atomic E-state index is 10.9. The van der Waals surface area contributed by atoms with E-state index in [0.717, 1.165) is 38.5 Å². The van der Waals surface area contributed by atoms with Crippen LogP contribution in [-0.4, -0.2) is 29.4 Å². The van der Waals surface area contributed by atoms with E-state index in [4.69, 9.17) is 0 Å². The summed E-state index contributed by atoms with van der Waals surface area (Å²) in [7, 11) is -4.10. The second-order valence-electron chi connectivity index (χ2n) is 6.34. The quantitative estimate of drug-likeness (QED) is 0.272. The van der Waals surface area contributed by atoms with Crippen molar-refractivity contribution in [2.24, 2.45) is 0 Å². The van der Waals surface area contributed by atoms with Gasteiger partial charge in [-0.1, -0.05) is 71.6 Å². The Kier molecular flexibility index (Phi) is 18.5. The van der Waals surface area contributed by atoms with Gasteiger partial charge in [0, 0.05) is 5.25 Å². The minimum Gasteiger partial charge on any atom is -0.748 e. The van der Waals surface area contributed by atoms with Crippen LogP contribution < -0.4 is 29.6 Å². The summed E-state index contributed by atoms with van der Waals surface area (Å²) in [5.74, 6) is 0. The van der Waals surface area contributed by atoms with Gasteiger partial charge in [-0.05, 0) is 25.7 Å². The van der Waals surface area contributed by atoms with Gasteiger partial charge >= 0.3 is 29.6 Å². The number of aliphatic hydroxyl groups is 1. The van der Waals surface area contributed by atoms with E-state index in [1.807, 2.05) is 6.92 Å². The Morgan fingerprint density at radius 2 is 1.17 bits per heavy atom. The standard InChI is InChI=1S/C17H36O4S.Na/c1-3-16(18)14-12-10-8-6-5-7-9-11-13-15-17(4-2)22(19,20)21;/h16-18H,3-15H2,1-2H3,(H,19,20,21);/q;+1/p-1. The summed E-state index contributed by atoms with van der Waals surface area (Å²) in [6.45, 7) is 3.78. The van der Waals surface area contributed by atoms with Crippen molar-refractivity contribution in [2.45, 2.75) is 109 Å². The third kappa shape index (κ3) is 16.1. The van der Waals surface area contributed by atoms with Crippen LogP contribution in [0.5, 0.6) is 0 Å². The Morgan fingerprint density at radius 3 is 1.52 bits per heavy atom. The van der Waals surface area contributed by atoms with Gasteiger partial charge in [-0.3, -0.25) is 0 Å². The van der Waals surface area contributed by atoms with Crippen LogP contribution in [0.2, 0.25) is 0 Å². The number of unbranched alkanes of at least 4 members (excludes halogenated alkanes) is 8. The fourth-order valence-electron chi connectivity index (χ4n) is 2.75. The average molecular weight is 359 g/mol. The zero-order valence-corrected chi connectivity index (χ0v) is 18.2. The van der Waals surface area contributed by atoms with Crippen molar-refractivity contribution >= 4 is 10.1 Å². The van der Waals surface area contributed by atoms with Crippen molar-refractivity contribution in [2.75, 3.05) is 0 Å². The summed E-state index contributed by atoms with van der Waals surface area (Å²) in [6, 6.07) is 0. The predicted molar refractivity (Wildman–Crippen MR) is 90.9 cm³/mol. The first kappa shape index (κ1) is 26.1. The van der Waals surface area contributed by atoms with Gasteiger partial charge < -0.3 is 9.66 Å². The molecule has 0 amide bonds. The normalized spacial score (nSPS) is 14.3. The van der Waals surface area contributed by atoms with Crippen LogP contribution in [0.3, 0.4) is 0 Å². The summed E-state index contributed by atoms with van der Waals surface area (Å²) in [4.78, 5) is 0. The SMILES string of the molecule is CCC(O)CCCCCCCCCCCC(CC)S(=O)(=O)[O-].[Na+]. The van der Waals surface area contributed by atoms with Crippen LogP contribution >= 0.6 is 0 Å². The van der Waals surface area contributed by atoms with E-state index in [9.17, 15) is 18.1 Å². The molecule has 0 radical (unpaired) electrons. The number of rotatable bonds is 15. The Bertz CT molecular complexity index is 347. The molecule has 0 bridgehead atoms. The maximum Gasteiger partial charge on any atom is 1.00 e. The Hall–Kier alpha value is 0.870. The van der Waals surface area contributed by atoms with Gasteiger partial charge in [-0.15, -0.1) is 0 Å². The molecule has 134 valence electrons. The first-order valence-electron chi connectivity index (χ1n) is 9.04.